The van der Waals surface area contributed by atoms with Gasteiger partial charge in [-0.25, -0.2) is 0 Å². The van der Waals surface area contributed by atoms with E-state index in [0.29, 0.717) is 0 Å². The molecule has 0 spiro atoms. The van der Waals surface area contributed by atoms with E-state index in [-0.39, 0.29) is 6.16 Å². The molecule has 0 unspecified atom stereocenters. The molecule has 5 heteroatoms. The molecular formula is C5H17O3PSi. The van der Waals surface area contributed by atoms with Gasteiger partial charge in [0.2, 0.25) is 0 Å². The molecule has 0 saturated heterocycles. The third-order valence-electron chi connectivity index (χ3n) is 1.96. The first-order chi connectivity index (χ1) is 4.09. The number of hydrogen-bond acceptors (Lipinski definition) is 3. The van der Waals surface area contributed by atoms with E-state index in [1.54, 1.807) is 26.6 Å². The Labute approximate surface area is 62.7 Å². The molecule has 0 saturated carbocycles. The van der Waals surface area contributed by atoms with Crippen molar-refractivity contribution in [1.29, 1.82) is 0 Å². The summed E-state index contributed by atoms with van der Waals surface area (Å²) in [5.41, 5.74) is 0. The van der Waals surface area contributed by atoms with Gasteiger partial charge in [-0.15, -0.1) is 0 Å². The van der Waals surface area contributed by atoms with Crippen LogP contribution in [0, 0.1) is 0 Å². The van der Waals surface area contributed by atoms with Crippen molar-refractivity contribution in [2.24, 2.45) is 0 Å². The third-order valence-corrected chi connectivity index (χ3v) is 15.1. The number of hydrogen-bond donors (Lipinski definition) is 3. The van der Waals surface area contributed by atoms with Crippen LogP contribution >= 0.6 is 6.83 Å². The zero-order chi connectivity index (χ0) is 8.65. The predicted molar refractivity (Wildman–Crippen MR) is 47.5 cm³/mol. The standard InChI is InChI=1S/C5H17O3PSi/c1-5-9(6,7,8)10(2,3)4/h6-8H,5H2,1-4H3. The van der Waals surface area contributed by atoms with Crippen LogP contribution in [0.25, 0.3) is 0 Å². The van der Waals surface area contributed by atoms with Crippen molar-refractivity contribution in [2.45, 2.75) is 26.6 Å². The van der Waals surface area contributed by atoms with Crippen LogP contribution in [0.4, 0.5) is 0 Å². The summed E-state index contributed by atoms with van der Waals surface area (Å²) < 4.78 is 0. The quantitative estimate of drug-likeness (QED) is 0.445. The predicted octanol–water partition coefficient (Wildman–Crippen LogP) is 1.12. The Kier molecular flexibility index (Phi) is 2.37. The van der Waals surface area contributed by atoms with Crippen molar-refractivity contribution in [3.05, 3.63) is 0 Å². The summed E-state index contributed by atoms with van der Waals surface area (Å²) in [4.78, 5) is 28.3. The number of rotatable bonds is 2. The molecule has 0 aliphatic rings. The molecule has 3 N–H and O–H groups in total. The summed E-state index contributed by atoms with van der Waals surface area (Å²) in [5.74, 6) is 0. The second kappa shape index (κ2) is 2.25. The first-order valence-corrected chi connectivity index (χ1v) is 9.97. The van der Waals surface area contributed by atoms with Crippen LogP contribution in [0.1, 0.15) is 6.92 Å². The Bertz CT molecular complexity index is 132. The van der Waals surface area contributed by atoms with Gasteiger partial charge in [-0.1, -0.05) is 0 Å². The van der Waals surface area contributed by atoms with Crippen molar-refractivity contribution < 1.29 is 14.7 Å². The van der Waals surface area contributed by atoms with E-state index in [2.05, 4.69) is 0 Å². The normalized spacial score (nSPS) is 18.1. The molecule has 10 heavy (non-hydrogen) atoms. The molecule has 0 aromatic heterocycles. The molecule has 0 atom stereocenters. The molecule has 0 heterocycles. The molecule has 0 fully saturated rings. The summed E-state index contributed by atoms with van der Waals surface area (Å²) in [5, 5.41) is 0. The van der Waals surface area contributed by atoms with Gasteiger partial charge < -0.3 is 0 Å². The SMILES string of the molecule is CCP(O)(O)(O)[Si](C)(C)C. The second-order valence-electron chi connectivity index (χ2n) is 3.64. The molecule has 0 bridgehead atoms. The zero-order valence-electron chi connectivity index (χ0n) is 7.00. The van der Waals surface area contributed by atoms with E-state index in [1.165, 1.54) is 0 Å². The van der Waals surface area contributed by atoms with Gasteiger partial charge in [0.05, 0.1) is 0 Å². The Morgan fingerprint density at radius 3 is 1.40 bits per heavy atom. The van der Waals surface area contributed by atoms with Crippen LogP contribution in [0.3, 0.4) is 0 Å². The maximum atomic E-state index is 9.43. The minimum atomic E-state index is -4.20. The van der Waals surface area contributed by atoms with Crippen LogP contribution in [-0.4, -0.2) is 28.6 Å². The van der Waals surface area contributed by atoms with E-state index in [4.69, 9.17) is 0 Å². The summed E-state index contributed by atoms with van der Waals surface area (Å²) >= 11 is 0. The fourth-order valence-corrected chi connectivity index (χ4v) is 4.27. The van der Waals surface area contributed by atoms with Crippen molar-refractivity contribution in [1.82, 2.24) is 0 Å². The fourth-order valence-electron chi connectivity index (χ4n) is 0.474. The summed E-state index contributed by atoms with van der Waals surface area (Å²) in [6.45, 7) is 2.68. The van der Waals surface area contributed by atoms with E-state index in [1.807, 2.05) is 0 Å². The van der Waals surface area contributed by atoms with Crippen molar-refractivity contribution >= 4 is 14.6 Å². The Hall–Kier alpha value is 0.527. The van der Waals surface area contributed by atoms with Gasteiger partial charge >= 0.3 is 62.0 Å². The average Bonchev–Trinajstić information content (AvgIpc) is 1.62. The zero-order valence-corrected chi connectivity index (χ0v) is 8.89. The topological polar surface area (TPSA) is 60.7 Å². The molecule has 64 valence electrons. The monoisotopic (exact) mass is 184 g/mol. The Balaban J connectivity index is 4.70. The first-order valence-electron chi connectivity index (χ1n) is 3.35. The van der Waals surface area contributed by atoms with Gasteiger partial charge in [-0.05, 0) is 0 Å². The molecule has 0 aliphatic heterocycles. The first kappa shape index (κ1) is 10.5. The van der Waals surface area contributed by atoms with Gasteiger partial charge in [0.15, 0.2) is 0 Å². The molecule has 0 radical (unpaired) electrons. The van der Waals surface area contributed by atoms with Crippen LogP contribution in [0.2, 0.25) is 19.6 Å². The van der Waals surface area contributed by atoms with Crippen LogP contribution in [0.5, 0.6) is 0 Å². The van der Waals surface area contributed by atoms with Gasteiger partial charge in [-0.3, -0.25) is 0 Å². The molecule has 0 aliphatic carbocycles. The van der Waals surface area contributed by atoms with Gasteiger partial charge in [0.1, 0.15) is 0 Å². The Morgan fingerprint density at radius 2 is 1.40 bits per heavy atom. The van der Waals surface area contributed by atoms with E-state index in [9.17, 15) is 14.7 Å². The third kappa shape index (κ3) is 1.77. The molecule has 3 nitrogen and oxygen atoms in total. The van der Waals surface area contributed by atoms with Gasteiger partial charge in [0, 0.05) is 0 Å². The molecule has 0 aromatic rings. The summed E-state index contributed by atoms with van der Waals surface area (Å²) in [7, 11) is -2.21. The fraction of sp³-hybridized carbons (Fsp3) is 1.00. The second-order valence-corrected chi connectivity index (χ2v) is 17.7. The van der Waals surface area contributed by atoms with E-state index >= 15 is 0 Å². The van der Waals surface area contributed by atoms with Crippen LogP contribution < -0.4 is 0 Å². The minimum absolute atomic E-state index is 0.0846. The van der Waals surface area contributed by atoms with Crippen LogP contribution in [-0.2, 0) is 0 Å². The summed E-state index contributed by atoms with van der Waals surface area (Å²) in [6.07, 6.45) is 0.0846. The van der Waals surface area contributed by atoms with Gasteiger partial charge in [-0.2, -0.15) is 0 Å². The molecule has 0 rings (SSSR count). The van der Waals surface area contributed by atoms with E-state index < -0.39 is 14.6 Å². The van der Waals surface area contributed by atoms with Crippen LogP contribution in [0.15, 0.2) is 0 Å². The summed E-state index contributed by atoms with van der Waals surface area (Å²) in [6, 6.07) is 0. The molecule has 0 aromatic carbocycles. The molecular weight excluding hydrogens is 167 g/mol. The Morgan fingerprint density at radius 1 is 1.10 bits per heavy atom. The van der Waals surface area contributed by atoms with Crippen molar-refractivity contribution in [3.63, 3.8) is 0 Å². The van der Waals surface area contributed by atoms with Gasteiger partial charge in [0.25, 0.3) is 0 Å². The average molecular weight is 184 g/mol. The molecule has 0 amide bonds. The van der Waals surface area contributed by atoms with Crippen molar-refractivity contribution in [3.8, 4) is 0 Å². The maximum absolute atomic E-state index is 9.43. The van der Waals surface area contributed by atoms with Crippen molar-refractivity contribution in [2.75, 3.05) is 6.16 Å². The van der Waals surface area contributed by atoms with E-state index in [0.717, 1.165) is 0 Å².